The Morgan fingerprint density at radius 1 is 1.19 bits per heavy atom. The zero-order chi connectivity index (χ0) is 15.0. The fourth-order valence-electron chi connectivity index (χ4n) is 2.57. The average molecular weight is 348 g/mol. The number of nitrogens with one attached hydrogen (secondary N) is 1. The number of hydrogen-bond donors (Lipinski definition) is 1. The molecule has 0 aliphatic carbocycles. The molecular weight excluding hydrogens is 333 g/mol. The van der Waals surface area contributed by atoms with Gasteiger partial charge in [0.05, 0.1) is 10.5 Å². The van der Waals surface area contributed by atoms with Gasteiger partial charge in [-0.1, -0.05) is 30.3 Å². The molecule has 4 heteroatoms. The Balaban J connectivity index is 2.14. The minimum atomic E-state index is -0.325. The van der Waals surface area contributed by atoms with Crippen LogP contribution in [0.15, 0.2) is 51.4 Å². The fraction of sp³-hybridized carbons (Fsp3) is 0.176. The van der Waals surface area contributed by atoms with E-state index in [1.807, 2.05) is 37.3 Å². The summed E-state index contributed by atoms with van der Waals surface area (Å²) in [4.78, 5) is 0. The second-order valence-electron chi connectivity index (χ2n) is 5.01. The van der Waals surface area contributed by atoms with Crippen molar-refractivity contribution in [3.8, 4) is 0 Å². The summed E-state index contributed by atoms with van der Waals surface area (Å²) in [6.07, 6.45) is 0. The Bertz CT molecular complexity index is 797. The van der Waals surface area contributed by atoms with Crippen LogP contribution in [0.1, 0.15) is 22.9 Å². The van der Waals surface area contributed by atoms with Gasteiger partial charge in [-0.25, -0.2) is 4.39 Å². The summed E-state index contributed by atoms with van der Waals surface area (Å²) in [6, 6.07) is 12.9. The third-order valence-electron chi connectivity index (χ3n) is 3.63. The highest BCUT2D eigenvalue weighted by Crippen LogP contribution is 2.32. The zero-order valence-electron chi connectivity index (χ0n) is 11.8. The molecule has 0 aliphatic rings. The van der Waals surface area contributed by atoms with E-state index in [9.17, 15) is 4.39 Å². The van der Waals surface area contributed by atoms with Crippen LogP contribution in [-0.2, 0) is 0 Å². The van der Waals surface area contributed by atoms with Crippen LogP contribution in [0.25, 0.3) is 11.0 Å². The number of benzene rings is 2. The van der Waals surface area contributed by atoms with Crippen LogP contribution >= 0.6 is 15.9 Å². The van der Waals surface area contributed by atoms with Gasteiger partial charge >= 0.3 is 0 Å². The highest BCUT2D eigenvalue weighted by molar-refractivity contribution is 9.10. The normalized spacial score (nSPS) is 12.8. The predicted molar refractivity (Wildman–Crippen MR) is 86.0 cm³/mol. The molecule has 3 aromatic rings. The number of rotatable bonds is 3. The van der Waals surface area contributed by atoms with Crippen molar-refractivity contribution in [3.63, 3.8) is 0 Å². The van der Waals surface area contributed by atoms with Gasteiger partial charge in [-0.2, -0.15) is 0 Å². The van der Waals surface area contributed by atoms with Crippen molar-refractivity contribution in [1.82, 2.24) is 5.32 Å². The van der Waals surface area contributed by atoms with Gasteiger partial charge in [0.15, 0.2) is 0 Å². The zero-order valence-corrected chi connectivity index (χ0v) is 13.4. The smallest absolute Gasteiger partial charge is 0.142 e. The average Bonchev–Trinajstić information content (AvgIpc) is 2.89. The Hall–Kier alpha value is -1.65. The first-order chi connectivity index (χ1) is 10.1. The van der Waals surface area contributed by atoms with Crippen molar-refractivity contribution in [3.05, 3.63) is 69.6 Å². The van der Waals surface area contributed by atoms with Gasteiger partial charge in [-0.3, -0.25) is 0 Å². The monoisotopic (exact) mass is 347 g/mol. The molecule has 0 bridgehead atoms. The van der Waals surface area contributed by atoms with Gasteiger partial charge in [0.25, 0.3) is 0 Å². The molecule has 1 N–H and O–H groups in total. The van der Waals surface area contributed by atoms with E-state index in [1.165, 1.54) is 0 Å². The van der Waals surface area contributed by atoms with Crippen molar-refractivity contribution in [2.45, 2.75) is 13.0 Å². The molecule has 0 fully saturated rings. The highest BCUT2D eigenvalue weighted by Gasteiger charge is 2.21. The van der Waals surface area contributed by atoms with Gasteiger partial charge in [0.2, 0.25) is 0 Å². The maximum Gasteiger partial charge on any atom is 0.142 e. The first kappa shape index (κ1) is 14.3. The number of para-hydroxylation sites is 1. The number of hydrogen-bond acceptors (Lipinski definition) is 2. The van der Waals surface area contributed by atoms with Gasteiger partial charge in [-0.15, -0.1) is 0 Å². The second kappa shape index (κ2) is 5.62. The van der Waals surface area contributed by atoms with E-state index in [4.69, 9.17) is 4.42 Å². The molecule has 0 amide bonds. The lowest BCUT2D eigenvalue weighted by Crippen LogP contribution is -2.18. The lowest BCUT2D eigenvalue weighted by molar-refractivity contribution is 0.474. The second-order valence-corrected chi connectivity index (χ2v) is 5.86. The summed E-state index contributed by atoms with van der Waals surface area (Å²) < 4.78 is 20.7. The maximum atomic E-state index is 14.3. The highest BCUT2D eigenvalue weighted by atomic mass is 79.9. The van der Waals surface area contributed by atoms with Crippen molar-refractivity contribution >= 4 is 26.9 Å². The molecule has 1 heterocycles. The number of aryl methyl sites for hydroxylation is 1. The largest absolute Gasteiger partial charge is 0.459 e. The Morgan fingerprint density at radius 3 is 2.67 bits per heavy atom. The lowest BCUT2D eigenvalue weighted by Gasteiger charge is -2.15. The lowest BCUT2D eigenvalue weighted by atomic mass is 10.0. The van der Waals surface area contributed by atoms with Gasteiger partial charge in [0.1, 0.15) is 17.2 Å². The predicted octanol–water partition coefficient (Wildman–Crippen LogP) is 4.95. The van der Waals surface area contributed by atoms with E-state index in [1.54, 1.807) is 19.2 Å². The van der Waals surface area contributed by atoms with Gasteiger partial charge in [-0.05, 0) is 47.6 Å². The van der Waals surface area contributed by atoms with E-state index in [0.717, 1.165) is 16.5 Å². The van der Waals surface area contributed by atoms with Crippen LogP contribution < -0.4 is 5.32 Å². The van der Waals surface area contributed by atoms with Crippen LogP contribution in [0.2, 0.25) is 0 Å². The maximum absolute atomic E-state index is 14.3. The van der Waals surface area contributed by atoms with E-state index in [-0.39, 0.29) is 11.9 Å². The number of fused-ring (bicyclic) bond motifs is 1. The van der Waals surface area contributed by atoms with E-state index in [2.05, 4.69) is 21.2 Å². The minimum absolute atomic E-state index is 0.269. The summed E-state index contributed by atoms with van der Waals surface area (Å²) in [7, 11) is 1.80. The summed E-state index contributed by atoms with van der Waals surface area (Å²) >= 11 is 3.23. The fourth-order valence-corrected chi connectivity index (χ4v) is 2.95. The molecule has 0 radical (unpaired) electrons. The molecule has 0 saturated carbocycles. The van der Waals surface area contributed by atoms with Crippen molar-refractivity contribution in [2.24, 2.45) is 0 Å². The molecule has 1 aromatic heterocycles. The first-order valence-electron chi connectivity index (χ1n) is 6.72. The van der Waals surface area contributed by atoms with Gasteiger partial charge < -0.3 is 9.73 Å². The third-order valence-corrected chi connectivity index (χ3v) is 4.24. The van der Waals surface area contributed by atoms with Crippen LogP contribution in [-0.4, -0.2) is 7.05 Å². The minimum Gasteiger partial charge on any atom is -0.459 e. The number of furan rings is 1. The summed E-state index contributed by atoms with van der Waals surface area (Å²) in [6.45, 7) is 2.00. The third kappa shape index (κ3) is 2.49. The van der Waals surface area contributed by atoms with E-state index < -0.39 is 0 Å². The first-order valence-corrected chi connectivity index (χ1v) is 7.51. The Kier molecular flexibility index (Phi) is 3.83. The number of halogens is 2. The molecule has 2 aromatic carbocycles. The SMILES string of the molecule is CNC(c1cc2cccc(C)c2o1)c1cccc(Br)c1F. The molecule has 0 saturated heterocycles. The summed E-state index contributed by atoms with van der Waals surface area (Å²) in [5, 5.41) is 4.16. The molecular formula is C17H15BrFNO. The quantitative estimate of drug-likeness (QED) is 0.724. The van der Waals surface area contributed by atoms with Crippen molar-refractivity contribution in [2.75, 3.05) is 7.05 Å². The van der Waals surface area contributed by atoms with Gasteiger partial charge in [0, 0.05) is 10.9 Å². The van der Waals surface area contributed by atoms with Crippen molar-refractivity contribution in [1.29, 1.82) is 0 Å². The van der Waals surface area contributed by atoms with Crippen LogP contribution in [0.3, 0.4) is 0 Å². The molecule has 0 aliphatic heterocycles. The van der Waals surface area contributed by atoms with Crippen molar-refractivity contribution < 1.29 is 8.81 Å². The molecule has 1 atom stereocenters. The molecule has 1 unspecified atom stereocenters. The topological polar surface area (TPSA) is 25.2 Å². The standard InChI is InChI=1S/C17H15BrFNO/c1-10-5-3-6-11-9-14(21-17(10)11)16(20-2)12-7-4-8-13(18)15(12)19/h3-9,16,20H,1-2H3. The molecule has 0 spiro atoms. The Labute approximate surface area is 131 Å². The molecule has 108 valence electrons. The molecule has 21 heavy (non-hydrogen) atoms. The van der Waals surface area contributed by atoms with Crippen LogP contribution in [0, 0.1) is 12.7 Å². The summed E-state index contributed by atoms with van der Waals surface area (Å²) in [5.41, 5.74) is 2.48. The van der Waals surface area contributed by atoms with Crippen LogP contribution in [0.4, 0.5) is 4.39 Å². The van der Waals surface area contributed by atoms with E-state index >= 15 is 0 Å². The molecule has 2 nitrogen and oxygen atoms in total. The summed E-state index contributed by atoms with van der Waals surface area (Å²) in [5.74, 6) is 0.438. The Morgan fingerprint density at radius 2 is 1.95 bits per heavy atom. The van der Waals surface area contributed by atoms with E-state index in [0.29, 0.717) is 15.8 Å². The van der Waals surface area contributed by atoms with Crippen LogP contribution in [0.5, 0.6) is 0 Å². The molecule has 3 rings (SSSR count).